The van der Waals surface area contributed by atoms with Crippen molar-refractivity contribution in [1.82, 2.24) is 0 Å². The maximum absolute atomic E-state index is 7.14. The van der Waals surface area contributed by atoms with Gasteiger partial charge in [-0.3, -0.25) is 0 Å². The van der Waals surface area contributed by atoms with Crippen LogP contribution in [0.15, 0.2) is 204 Å². The van der Waals surface area contributed by atoms with E-state index in [0.29, 0.717) is 0 Å². The average Bonchev–Trinajstić information content (AvgIpc) is 3.72. The minimum atomic E-state index is -1.93. The molecule has 6 aromatic carbocycles. The van der Waals surface area contributed by atoms with Crippen LogP contribution >= 0.6 is 20.1 Å². The first-order chi connectivity index (χ1) is 21.4. The van der Waals surface area contributed by atoms with Crippen LogP contribution in [-0.4, -0.2) is 0 Å². The second-order valence-electron chi connectivity index (χ2n) is 10.9. The minimum absolute atomic E-state index is 0.952. The van der Waals surface area contributed by atoms with Gasteiger partial charge in [-0.2, -0.15) is 0 Å². The van der Waals surface area contributed by atoms with Crippen LogP contribution in [0, 0.1) is 0 Å². The first-order valence-corrected chi connectivity index (χ1v) is 17.9. The molecule has 1 nitrogen and oxygen atoms in total. The molecule has 43 heavy (non-hydrogen) atoms. The van der Waals surface area contributed by atoms with Gasteiger partial charge in [-0.25, -0.2) is 0 Å². The van der Waals surface area contributed by atoms with Gasteiger partial charge in [0.15, 0.2) is 5.76 Å². The zero-order valence-electron chi connectivity index (χ0n) is 23.4. The van der Waals surface area contributed by atoms with Crippen molar-refractivity contribution in [2.24, 2.45) is 0 Å². The Morgan fingerprint density at radius 2 is 0.814 bits per heavy atom. The highest BCUT2D eigenvalue weighted by molar-refractivity contribution is 8.47. The summed E-state index contributed by atoms with van der Waals surface area (Å²) in [4.78, 5) is 10.9. The third-order valence-corrected chi connectivity index (χ3v) is 16.8. The largest absolute Gasteiger partial charge is 0.454 e. The van der Waals surface area contributed by atoms with Crippen LogP contribution in [0.4, 0.5) is 0 Å². The average molecular weight is 589 g/mol. The molecule has 1 aromatic heterocycles. The van der Waals surface area contributed by atoms with Crippen LogP contribution in [0.1, 0.15) is 11.3 Å². The lowest BCUT2D eigenvalue weighted by Crippen LogP contribution is -2.05. The Morgan fingerprint density at radius 1 is 0.372 bits per heavy atom. The van der Waals surface area contributed by atoms with Gasteiger partial charge in [0, 0.05) is 40.3 Å². The number of hydrogen-bond acceptors (Lipinski definition) is 1. The van der Waals surface area contributed by atoms with Crippen LogP contribution in [0.2, 0.25) is 0 Å². The summed E-state index contributed by atoms with van der Waals surface area (Å²) >= 11 is 0. The number of para-hydroxylation sites is 1. The topological polar surface area (TPSA) is 13.1 Å². The van der Waals surface area contributed by atoms with Crippen molar-refractivity contribution in [1.29, 1.82) is 0 Å². The van der Waals surface area contributed by atoms with E-state index >= 15 is 0 Å². The molecule has 2 aliphatic heterocycles. The maximum Gasteiger partial charge on any atom is 0.155 e. The Kier molecular flexibility index (Phi) is 5.44. The highest BCUT2D eigenvalue weighted by atomic mass is 32.3. The van der Waals surface area contributed by atoms with E-state index in [1.54, 1.807) is 0 Å². The van der Waals surface area contributed by atoms with E-state index < -0.39 is 20.1 Å². The van der Waals surface area contributed by atoms with Gasteiger partial charge in [-0.1, -0.05) is 103 Å². The van der Waals surface area contributed by atoms with Gasteiger partial charge in [0.2, 0.25) is 0 Å². The van der Waals surface area contributed by atoms with Crippen molar-refractivity contribution >= 4 is 40.8 Å². The molecule has 0 radical (unpaired) electrons. The van der Waals surface area contributed by atoms with Gasteiger partial charge < -0.3 is 4.42 Å². The standard InChI is InChI=1S/C40H28OS2/c1-5-17-29(18-6-1)42(30-19-7-2-8-20-30)36-28-16-14-26-34(36)39-40(42)37-38(33-25-13-15-27-35(33)41-37)43(39,31-21-9-3-10-22-31)32-23-11-4-12-24-32/h1-28H. The Morgan fingerprint density at radius 3 is 1.37 bits per heavy atom. The molecule has 0 saturated heterocycles. The second kappa shape index (κ2) is 9.40. The molecular weight excluding hydrogens is 561 g/mol. The molecule has 0 aliphatic carbocycles. The molecule has 0 spiro atoms. The summed E-state index contributed by atoms with van der Waals surface area (Å²) in [6.45, 7) is 0. The normalized spacial score (nSPS) is 17.2. The van der Waals surface area contributed by atoms with Crippen molar-refractivity contribution in [3.8, 4) is 0 Å². The van der Waals surface area contributed by atoms with Crippen molar-refractivity contribution in [2.45, 2.75) is 29.4 Å². The second-order valence-corrected chi connectivity index (χ2v) is 16.9. The van der Waals surface area contributed by atoms with Crippen molar-refractivity contribution < 1.29 is 4.42 Å². The Hall–Kier alpha value is -4.70. The van der Waals surface area contributed by atoms with Crippen molar-refractivity contribution in [3.05, 3.63) is 181 Å². The van der Waals surface area contributed by atoms with E-state index in [1.165, 1.54) is 50.1 Å². The van der Waals surface area contributed by atoms with E-state index in [-0.39, 0.29) is 0 Å². The molecule has 0 saturated carbocycles. The lowest BCUT2D eigenvalue weighted by atomic mass is 10.2. The van der Waals surface area contributed by atoms with Crippen LogP contribution in [0.3, 0.4) is 0 Å². The highest BCUT2D eigenvalue weighted by Gasteiger charge is 2.58. The summed E-state index contributed by atoms with van der Waals surface area (Å²) in [6.07, 6.45) is 0. The molecule has 3 heterocycles. The van der Waals surface area contributed by atoms with Crippen molar-refractivity contribution in [2.75, 3.05) is 0 Å². The molecule has 2 aliphatic rings. The van der Waals surface area contributed by atoms with Gasteiger partial charge in [0.05, 0.1) is 9.80 Å². The summed E-state index contributed by atoms with van der Waals surface area (Å²) in [6, 6.07) is 62.6. The monoisotopic (exact) mass is 588 g/mol. The fourth-order valence-electron chi connectivity index (χ4n) is 7.15. The summed E-state index contributed by atoms with van der Waals surface area (Å²) in [5, 5.41) is 1.21. The van der Waals surface area contributed by atoms with E-state index in [1.807, 2.05) is 0 Å². The first-order valence-electron chi connectivity index (χ1n) is 14.6. The van der Waals surface area contributed by atoms with E-state index in [9.17, 15) is 0 Å². The van der Waals surface area contributed by atoms with Gasteiger partial charge in [0.25, 0.3) is 0 Å². The number of hydrogen-bond donors (Lipinski definition) is 0. The van der Waals surface area contributed by atoms with E-state index in [4.69, 9.17) is 4.42 Å². The SMILES string of the molecule is c1ccc(S2(c3ccccc3)C3=C(c4ccccc42)S(c2ccccc2)(c2ccccc2)c2c3oc3ccccc23)cc1. The van der Waals surface area contributed by atoms with Crippen LogP contribution in [0.5, 0.6) is 0 Å². The lowest BCUT2D eigenvalue weighted by Gasteiger charge is -2.40. The Labute approximate surface area is 254 Å². The number of furan rings is 1. The van der Waals surface area contributed by atoms with Gasteiger partial charge in [-0.05, 0) is 66.7 Å². The summed E-state index contributed by atoms with van der Waals surface area (Å²) in [5.74, 6) is 1.05. The fourth-order valence-corrected chi connectivity index (χ4v) is 16.6. The molecule has 0 fully saturated rings. The van der Waals surface area contributed by atoms with Gasteiger partial charge >= 0.3 is 0 Å². The summed E-state index contributed by atoms with van der Waals surface area (Å²) in [5.41, 5.74) is 2.30. The van der Waals surface area contributed by atoms with Gasteiger partial charge in [-0.15, -0.1) is 20.1 Å². The Balaban J connectivity index is 1.57. The van der Waals surface area contributed by atoms with Crippen LogP contribution < -0.4 is 0 Å². The smallest absolute Gasteiger partial charge is 0.155 e. The zero-order valence-corrected chi connectivity index (χ0v) is 25.0. The quantitative estimate of drug-likeness (QED) is 0.199. The first kappa shape index (κ1) is 24.9. The van der Waals surface area contributed by atoms with E-state index in [0.717, 1.165) is 11.3 Å². The maximum atomic E-state index is 7.14. The minimum Gasteiger partial charge on any atom is -0.454 e. The molecule has 0 N–H and O–H groups in total. The number of benzene rings is 6. The highest BCUT2D eigenvalue weighted by Crippen LogP contribution is 2.94. The molecule has 0 bridgehead atoms. The zero-order chi connectivity index (χ0) is 28.4. The van der Waals surface area contributed by atoms with Crippen molar-refractivity contribution in [3.63, 3.8) is 0 Å². The molecule has 3 heteroatoms. The molecule has 206 valence electrons. The Bertz CT molecular complexity index is 2090. The molecule has 0 amide bonds. The third-order valence-electron chi connectivity index (χ3n) is 8.73. The molecular formula is C40H28OS2. The fraction of sp³-hybridized carbons (Fsp3) is 0. The lowest BCUT2D eigenvalue weighted by molar-refractivity contribution is 0.595. The third kappa shape index (κ3) is 3.16. The number of fused-ring (bicyclic) bond motifs is 6. The summed E-state index contributed by atoms with van der Waals surface area (Å²) < 4.78 is 7.14. The molecule has 9 rings (SSSR count). The van der Waals surface area contributed by atoms with Gasteiger partial charge in [0.1, 0.15) is 5.58 Å². The molecule has 0 unspecified atom stereocenters. The molecule has 0 atom stereocenters. The summed E-state index contributed by atoms with van der Waals surface area (Å²) in [7, 11) is -3.83. The van der Waals surface area contributed by atoms with Crippen LogP contribution in [0.25, 0.3) is 20.8 Å². The van der Waals surface area contributed by atoms with Crippen LogP contribution in [-0.2, 0) is 0 Å². The van der Waals surface area contributed by atoms with E-state index in [2.05, 4.69) is 170 Å². The predicted octanol–water partition coefficient (Wildman–Crippen LogP) is 11.8. The number of rotatable bonds is 4. The predicted molar refractivity (Wildman–Crippen MR) is 180 cm³/mol. The molecule has 7 aromatic rings.